The molecule has 1 aliphatic rings. The fourth-order valence-corrected chi connectivity index (χ4v) is 2.14. The van der Waals surface area contributed by atoms with E-state index in [0.29, 0.717) is 24.8 Å². The summed E-state index contributed by atoms with van der Waals surface area (Å²) >= 11 is 0. The van der Waals surface area contributed by atoms with Crippen molar-refractivity contribution in [2.45, 2.75) is 31.6 Å². The maximum absolute atomic E-state index is 13.8. The molecule has 0 spiro atoms. The first kappa shape index (κ1) is 11.9. The molecule has 1 saturated carbocycles. The summed E-state index contributed by atoms with van der Waals surface area (Å²) in [4.78, 5) is 11.3. The van der Waals surface area contributed by atoms with Gasteiger partial charge in [-0.05, 0) is 30.9 Å². The molecular weight excluding hydrogens is 223 g/mol. The Hall–Kier alpha value is -1.58. The fourth-order valence-electron chi connectivity index (χ4n) is 2.14. The third-order valence-electron chi connectivity index (χ3n) is 3.39. The van der Waals surface area contributed by atoms with Crippen LogP contribution in [0.1, 0.15) is 30.9 Å². The van der Waals surface area contributed by atoms with Gasteiger partial charge >= 0.3 is 5.97 Å². The molecule has 0 aromatic heterocycles. The number of hydrogen-bond acceptors (Lipinski definition) is 2. The highest BCUT2D eigenvalue weighted by Crippen LogP contribution is 2.52. The van der Waals surface area contributed by atoms with Gasteiger partial charge in [0.1, 0.15) is 0 Å². The van der Waals surface area contributed by atoms with Gasteiger partial charge in [-0.2, -0.15) is 0 Å². The van der Waals surface area contributed by atoms with E-state index in [4.69, 9.17) is 4.74 Å². The van der Waals surface area contributed by atoms with Gasteiger partial charge in [-0.1, -0.05) is 13.0 Å². The largest absolute Gasteiger partial charge is 0.493 e. The second-order valence-electron chi connectivity index (χ2n) is 4.40. The summed E-state index contributed by atoms with van der Waals surface area (Å²) in [5, 5.41) is 9.25. The minimum absolute atomic E-state index is 0.0714. The Morgan fingerprint density at radius 2 is 2.18 bits per heavy atom. The molecule has 2 rings (SSSR count). The molecule has 1 fully saturated rings. The van der Waals surface area contributed by atoms with Gasteiger partial charge in [-0.15, -0.1) is 0 Å². The third kappa shape index (κ3) is 1.77. The maximum Gasteiger partial charge on any atom is 0.314 e. The monoisotopic (exact) mass is 238 g/mol. The van der Waals surface area contributed by atoms with Gasteiger partial charge in [0.05, 0.1) is 12.5 Å². The van der Waals surface area contributed by atoms with Crippen molar-refractivity contribution in [1.29, 1.82) is 0 Å². The highest BCUT2D eigenvalue weighted by molar-refractivity contribution is 5.86. The van der Waals surface area contributed by atoms with E-state index in [1.165, 1.54) is 13.2 Å². The zero-order valence-electron chi connectivity index (χ0n) is 9.92. The van der Waals surface area contributed by atoms with Crippen molar-refractivity contribution in [2.24, 2.45) is 0 Å². The van der Waals surface area contributed by atoms with Crippen LogP contribution in [-0.2, 0) is 16.6 Å². The SMILES string of the molecule is CCc1cc(F)c(OC)c(C2(C(=O)O)CC2)c1. The van der Waals surface area contributed by atoms with Crippen LogP contribution in [0.25, 0.3) is 0 Å². The van der Waals surface area contributed by atoms with Crippen molar-refractivity contribution in [3.8, 4) is 5.75 Å². The van der Waals surface area contributed by atoms with Crippen LogP contribution in [0.2, 0.25) is 0 Å². The number of methoxy groups -OCH3 is 1. The van der Waals surface area contributed by atoms with E-state index in [1.807, 2.05) is 6.92 Å². The number of hydrogen-bond donors (Lipinski definition) is 1. The molecule has 0 heterocycles. The smallest absolute Gasteiger partial charge is 0.314 e. The molecule has 17 heavy (non-hydrogen) atoms. The van der Waals surface area contributed by atoms with Gasteiger partial charge in [0.15, 0.2) is 11.6 Å². The third-order valence-corrected chi connectivity index (χ3v) is 3.39. The maximum atomic E-state index is 13.8. The molecule has 0 radical (unpaired) electrons. The molecule has 1 N–H and O–H groups in total. The first-order chi connectivity index (χ1) is 8.05. The lowest BCUT2D eigenvalue weighted by Crippen LogP contribution is -2.21. The van der Waals surface area contributed by atoms with Crippen LogP contribution in [0.4, 0.5) is 4.39 Å². The Kier molecular flexibility index (Phi) is 2.81. The lowest BCUT2D eigenvalue weighted by Gasteiger charge is -2.16. The van der Waals surface area contributed by atoms with Crippen LogP contribution in [0, 0.1) is 5.82 Å². The Morgan fingerprint density at radius 1 is 1.53 bits per heavy atom. The zero-order valence-corrected chi connectivity index (χ0v) is 9.92. The van der Waals surface area contributed by atoms with Crippen LogP contribution in [0.15, 0.2) is 12.1 Å². The summed E-state index contributed by atoms with van der Waals surface area (Å²) in [6.07, 6.45) is 1.76. The minimum atomic E-state index is -0.933. The van der Waals surface area contributed by atoms with Crippen molar-refractivity contribution in [3.05, 3.63) is 29.1 Å². The number of aryl methyl sites for hydroxylation is 1. The van der Waals surface area contributed by atoms with Crippen molar-refractivity contribution in [2.75, 3.05) is 7.11 Å². The fraction of sp³-hybridized carbons (Fsp3) is 0.462. The molecule has 1 aliphatic carbocycles. The van der Waals surface area contributed by atoms with Crippen LogP contribution >= 0.6 is 0 Å². The Balaban J connectivity index is 2.59. The molecule has 0 unspecified atom stereocenters. The molecule has 92 valence electrons. The van der Waals surface area contributed by atoms with Gasteiger partial charge < -0.3 is 9.84 Å². The minimum Gasteiger partial charge on any atom is -0.493 e. The molecule has 0 aliphatic heterocycles. The number of carboxylic acid groups (broad SMARTS) is 1. The molecular formula is C13H15FO3. The average molecular weight is 238 g/mol. The van der Waals surface area contributed by atoms with E-state index in [1.54, 1.807) is 6.07 Å². The number of aliphatic carboxylic acids is 1. The van der Waals surface area contributed by atoms with Crippen LogP contribution < -0.4 is 4.74 Å². The summed E-state index contributed by atoms with van der Waals surface area (Å²) in [7, 11) is 1.37. The molecule has 0 amide bonds. The lowest BCUT2D eigenvalue weighted by atomic mass is 9.92. The quantitative estimate of drug-likeness (QED) is 0.876. The van der Waals surface area contributed by atoms with Crippen molar-refractivity contribution in [3.63, 3.8) is 0 Å². The zero-order chi connectivity index (χ0) is 12.6. The standard InChI is InChI=1S/C13H15FO3/c1-3-8-6-9(11(17-2)10(14)7-8)13(4-5-13)12(15)16/h6-7H,3-5H2,1-2H3,(H,15,16). The molecule has 3 nitrogen and oxygen atoms in total. The number of benzene rings is 1. The van der Waals surface area contributed by atoms with Crippen LogP contribution in [0.5, 0.6) is 5.75 Å². The molecule has 0 saturated heterocycles. The number of halogens is 1. The normalized spacial score (nSPS) is 16.6. The van der Waals surface area contributed by atoms with Gasteiger partial charge in [0, 0.05) is 5.56 Å². The highest BCUT2D eigenvalue weighted by atomic mass is 19.1. The Bertz CT molecular complexity index is 464. The number of rotatable bonds is 4. The predicted octanol–water partition coefficient (Wildman–Crippen LogP) is 2.51. The molecule has 0 atom stereocenters. The van der Waals surface area contributed by atoms with Crippen molar-refractivity contribution in [1.82, 2.24) is 0 Å². The Morgan fingerprint density at radius 3 is 2.59 bits per heavy atom. The Labute approximate surface area is 99.2 Å². The predicted molar refractivity (Wildman–Crippen MR) is 60.9 cm³/mol. The summed E-state index contributed by atoms with van der Waals surface area (Å²) in [5.41, 5.74) is 0.340. The number of ether oxygens (including phenoxy) is 1. The molecule has 4 heteroatoms. The van der Waals surface area contributed by atoms with Crippen LogP contribution in [-0.4, -0.2) is 18.2 Å². The van der Waals surface area contributed by atoms with Crippen LogP contribution in [0.3, 0.4) is 0 Å². The number of carbonyl (C=O) groups is 1. The van der Waals surface area contributed by atoms with E-state index >= 15 is 0 Å². The van der Waals surface area contributed by atoms with Crippen molar-refractivity contribution >= 4 is 5.97 Å². The van der Waals surface area contributed by atoms with E-state index < -0.39 is 17.2 Å². The summed E-state index contributed by atoms with van der Waals surface area (Å²) < 4.78 is 18.8. The van der Waals surface area contributed by atoms with E-state index in [9.17, 15) is 14.3 Å². The average Bonchev–Trinajstić information content (AvgIpc) is 3.09. The highest BCUT2D eigenvalue weighted by Gasteiger charge is 2.53. The van der Waals surface area contributed by atoms with E-state index in [-0.39, 0.29) is 5.75 Å². The van der Waals surface area contributed by atoms with E-state index in [0.717, 1.165) is 5.56 Å². The topological polar surface area (TPSA) is 46.5 Å². The summed E-state index contributed by atoms with van der Waals surface area (Å²) in [5.74, 6) is -1.31. The van der Waals surface area contributed by atoms with Crippen molar-refractivity contribution < 1.29 is 19.0 Å². The number of carboxylic acids is 1. The first-order valence-electron chi connectivity index (χ1n) is 5.65. The summed E-state index contributed by atoms with van der Waals surface area (Å²) in [6.45, 7) is 1.91. The van der Waals surface area contributed by atoms with Gasteiger partial charge in [-0.3, -0.25) is 4.79 Å². The second kappa shape index (κ2) is 4.02. The van der Waals surface area contributed by atoms with Gasteiger partial charge in [-0.25, -0.2) is 4.39 Å². The first-order valence-corrected chi connectivity index (χ1v) is 5.65. The second-order valence-corrected chi connectivity index (χ2v) is 4.40. The molecule has 1 aromatic carbocycles. The molecule has 0 bridgehead atoms. The lowest BCUT2D eigenvalue weighted by molar-refractivity contribution is -0.140. The van der Waals surface area contributed by atoms with Gasteiger partial charge in [0.2, 0.25) is 0 Å². The van der Waals surface area contributed by atoms with Gasteiger partial charge in [0.25, 0.3) is 0 Å². The molecule has 1 aromatic rings. The van der Waals surface area contributed by atoms with E-state index in [2.05, 4.69) is 0 Å². The summed E-state index contributed by atoms with van der Waals surface area (Å²) in [6, 6.07) is 3.16.